The number of rotatable bonds is 5. The van der Waals surface area contributed by atoms with Crippen LogP contribution in [0.25, 0.3) is 0 Å². The molecule has 0 unspecified atom stereocenters. The van der Waals surface area contributed by atoms with Gasteiger partial charge in [0.15, 0.2) is 11.5 Å². The van der Waals surface area contributed by atoms with Crippen LogP contribution in [0.4, 0.5) is 0 Å². The first-order chi connectivity index (χ1) is 9.76. The number of nitrogens with zero attached hydrogens (tertiary/aromatic N) is 1. The van der Waals surface area contributed by atoms with Crippen LogP contribution in [0, 0.1) is 0 Å². The summed E-state index contributed by atoms with van der Waals surface area (Å²) >= 11 is 0. The van der Waals surface area contributed by atoms with Gasteiger partial charge in [-0.15, -0.1) is 0 Å². The first-order valence-corrected chi connectivity index (χ1v) is 6.97. The molecule has 20 heavy (non-hydrogen) atoms. The lowest BCUT2D eigenvalue weighted by Crippen LogP contribution is -2.35. The number of carbonyl (C=O) groups excluding carboxylic acids is 1. The van der Waals surface area contributed by atoms with Gasteiger partial charge in [0.1, 0.15) is 6.61 Å². The summed E-state index contributed by atoms with van der Waals surface area (Å²) in [6.45, 7) is 5.71. The highest BCUT2D eigenvalue weighted by molar-refractivity contribution is 5.95. The molecule has 4 heteroatoms. The van der Waals surface area contributed by atoms with E-state index in [1.165, 1.54) is 6.42 Å². The van der Waals surface area contributed by atoms with Gasteiger partial charge in [0, 0.05) is 18.7 Å². The van der Waals surface area contributed by atoms with E-state index in [4.69, 9.17) is 9.47 Å². The summed E-state index contributed by atoms with van der Waals surface area (Å²) in [6.07, 6.45) is 5.06. The number of hydrogen-bond acceptors (Lipinski definition) is 3. The van der Waals surface area contributed by atoms with Crippen LogP contribution in [0.3, 0.4) is 0 Å². The lowest BCUT2D eigenvalue weighted by Gasteiger charge is -2.27. The topological polar surface area (TPSA) is 38.8 Å². The molecule has 0 bridgehead atoms. The molecule has 0 aliphatic carbocycles. The van der Waals surface area contributed by atoms with Crippen LogP contribution in [0.2, 0.25) is 0 Å². The van der Waals surface area contributed by atoms with Gasteiger partial charge in [0.2, 0.25) is 0 Å². The largest absolute Gasteiger partial charge is 0.493 e. The molecular formula is C16H21NO3. The molecule has 1 amide bonds. The molecule has 0 saturated carbocycles. The molecule has 1 heterocycles. The Morgan fingerprint density at radius 2 is 2.05 bits per heavy atom. The standard InChI is InChI=1S/C16H21NO3/c1-3-11-20-14-8-7-13(12-15(14)19-2)16(18)17-9-5-4-6-10-17/h3,7-8,12H,1,4-6,9-11H2,2H3. The van der Waals surface area contributed by atoms with E-state index in [0.29, 0.717) is 23.7 Å². The fourth-order valence-electron chi connectivity index (χ4n) is 2.35. The van der Waals surface area contributed by atoms with Gasteiger partial charge in [-0.05, 0) is 37.5 Å². The van der Waals surface area contributed by atoms with Gasteiger partial charge in [-0.2, -0.15) is 0 Å². The van der Waals surface area contributed by atoms with Gasteiger partial charge in [-0.25, -0.2) is 0 Å². The molecule has 1 aliphatic heterocycles. The highest BCUT2D eigenvalue weighted by atomic mass is 16.5. The summed E-state index contributed by atoms with van der Waals surface area (Å²) in [5, 5.41) is 0. The van der Waals surface area contributed by atoms with E-state index >= 15 is 0 Å². The van der Waals surface area contributed by atoms with Crippen LogP contribution in [0.15, 0.2) is 30.9 Å². The third kappa shape index (κ3) is 3.32. The molecule has 1 aromatic carbocycles. The summed E-state index contributed by atoms with van der Waals surface area (Å²) in [5.41, 5.74) is 0.648. The molecule has 1 fully saturated rings. The Labute approximate surface area is 120 Å². The Hall–Kier alpha value is -1.97. The molecule has 0 radical (unpaired) electrons. The molecule has 0 spiro atoms. The Kier molecular flexibility index (Phi) is 5.04. The van der Waals surface area contributed by atoms with Gasteiger partial charge >= 0.3 is 0 Å². The number of amides is 1. The van der Waals surface area contributed by atoms with Crippen molar-refractivity contribution in [2.24, 2.45) is 0 Å². The molecular weight excluding hydrogens is 254 g/mol. The fraction of sp³-hybridized carbons (Fsp3) is 0.438. The maximum atomic E-state index is 12.4. The molecule has 1 aliphatic rings. The van der Waals surface area contributed by atoms with Crippen molar-refractivity contribution in [3.8, 4) is 11.5 Å². The number of benzene rings is 1. The third-order valence-electron chi connectivity index (χ3n) is 3.41. The van der Waals surface area contributed by atoms with E-state index in [0.717, 1.165) is 25.9 Å². The number of hydrogen-bond donors (Lipinski definition) is 0. The average molecular weight is 275 g/mol. The summed E-state index contributed by atoms with van der Waals surface area (Å²) in [4.78, 5) is 14.3. The Balaban J connectivity index is 2.15. The normalized spacial score (nSPS) is 14.8. The molecule has 2 rings (SSSR count). The quantitative estimate of drug-likeness (QED) is 0.776. The molecule has 0 aromatic heterocycles. The minimum absolute atomic E-state index is 0.0678. The van der Waals surface area contributed by atoms with Crippen LogP contribution in [-0.4, -0.2) is 37.6 Å². The zero-order valence-corrected chi connectivity index (χ0v) is 11.9. The Bertz CT molecular complexity index is 479. The smallest absolute Gasteiger partial charge is 0.253 e. The lowest BCUT2D eigenvalue weighted by molar-refractivity contribution is 0.0724. The minimum atomic E-state index is 0.0678. The molecule has 4 nitrogen and oxygen atoms in total. The van der Waals surface area contributed by atoms with E-state index < -0.39 is 0 Å². The monoisotopic (exact) mass is 275 g/mol. The predicted octanol–water partition coefficient (Wildman–Crippen LogP) is 2.89. The second kappa shape index (κ2) is 6.98. The summed E-state index contributed by atoms with van der Waals surface area (Å²) < 4.78 is 10.8. The van der Waals surface area contributed by atoms with Crippen LogP contribution in [0.1, 0.15) is 29.6 Å². The van der Waals surface area contributed by atoms with E-state index in [2.05, 4.69) is 6.58 Å². The zero-order chi connectivity index (χ0) is 14.4. The van der Waals surface area contributed by atoms with E-state index in [-0.39, 0.29) is 5.91 Å². The first-order valence-electron chi connectivity index (χ1n) is 6.97. The predicted molar refractivity (Wildman–Crippen MR) is 78.4 cm³/mol. The highest BCUT2D eigenvalue weighted by Gasteiger charge is 2.19. The van der Waals surface area contributed by atoms with E-state index in [1.807, 2.05) is 4.90 Å². The van der Waals surface area contributed by atoms with Crippen molar-refractivity contribution < 1.29 is 14.3 Å². The van der Waals surface area contributed by atoms with Crippen LogP contribution in [0.5, 0.6) is 11.5 Å². The van der Waals surface area contributed by atoms with Gasteiger partial charge in [-0.3, -0.25) is 4.79 Å². The zero-order valence-electron chi connectivity index (χ0n) is 11.9. The Morgan fingerprint density at radius 3 is 2.70 bits per heavy atom. The van der Waals surface area contributed by atoms with Crippen molar-refractivity contribution in [2.45, 2.75) is 19.3 Å². The van der Waals surface area contributed by atoms with E-state index in [1.54, 1.807) is 31.4 Å². The van der Waals surface area contributed by atoms with Gasteiger partial charge in [0.25, 0.3) is 5.91 Å². The number of likely N-dealkylation sites (tertiary alicyclic amines) is 1. The highest BCUT2D eigenvalue weighted by Crippen LogP contribution is 2.29. The van der Waals surface area contributed by atoms with Crippen molar-refractivity contribution in [1.29, 1.82) is 0 Å². The molecule has 0 atom stereocenters. The third-order valence-corrected chi connectivity index (χ3v) is 3.41. The van der Waals surface area contributed by atoms with Gasteiger partial charge in [0.05, 0.1) is 7.11 Å². The van der Waals surface area contributed by atoms with Crippen molar-refractivity contribution in [1.82, 2.24) is 4.90 Å². The number of piperidine rings is 1. The second-order valence-corrected chi connectivity index (χ2v) is 4.82. The SMILES string of the molecule is C=CCOc1ccc(C(=O)N2CCCCC2)cc1OC. The fourth-order valence-corrected chi connectivity index (χ4v) is 2.35. The molecule has 0 N–H and O–H groups in total. The minimum Gasteiger partial charge on any atom is -0.493 e. The maximum Gasteiger partial charge on any atom is 0.253 e. The maximum absolute atomic E-state index is 12.4. The van der Waals surface area contributed by atoms with Crippen LogP contribution >= 0.6 is 0 Å². The van der Waals surface area contributed by atoms with Crippen molar-refractivity contribution in [2.75, 3.05) is 26.8 Å². The van der Waals surface area contributed by atoms with Crippen molar-refractivity contribution >= 4 is 5.91 Å². The van der Waals surface area contributed by atoms with Gasteiger partial charge < -0.3 is 14.4 Å². The van der Waals surface area contributed by atoms with Crippen molar-refractivity contribution in [3.05, 3.63) is 36.4 Å². The Morgan fingerprint density at radius 1 is 1.30 bits per heavy atom. The van der Waals surface area contributed by atoms with Crippen molar-refractivity contribution in [3.63, 3.8) is 0 Å². The summed E-state index contributed by atoms with van der Waals surface area (Å²) in [6, 6.07) is 5.31. The van der Waals surface area contributed by atoms with Gasteiger partial charge in [-0.1, -0.05) is 12.7 Å². The molecule has 108 valence electrons. The first kappa shape index (κ1) is 14.4. The second-order valence-electron chi connectivity index (χ2n) is 4.82. The average Bonchev–Trinajstić information content (AvgIpc) is 2.52. The molecule has 1 aromatic rings. The van der Waals surface area contributed by atoms with E-state index in [9.17, 15) is 4.79 Å². The summed E-state index contributed by atoms with van der Waals surface area (Å²) in [7, 11) is 1.57. The number of ether oxygens (including phenoxy) is 2. The summed E-state index contributed by atoms with van der Waals surface area (Å²) in [5.74, 6) is 1.27. The molecule has 1 saturated heterocycles. The number of methoxy groups -OCH3 is 1. The number of carbonyl (C=O) groups is 1. The van der Waals surface area contributed by atoms with Crippen LogP contribution < -0.4 is 9.47 Å². The van der Waals surface area contributed by atoms with Crippen LogP contribution in [-0.2, 0) is 0 Å². The lowest BCUT2D eigenvalue weighted by atomic mass is 10.1.